The number of imide groups is 1. The summed E-state index contributed by atoms with van der Waals surface area (Å²) < 4.78 is 0. The van der Waals surface area contributed by atoms with Crippen molar-refractivity contribution in [1.29, 1.82) is 0 Å². The first-order valence-electron chi connectivity index (χ1n) is 2.34. The van der Waals surface area contributed by atoms with Crippen LogP contribution >= 0.6 is 0 Å². The molecule has 0 spiro atoms. The third-order valence-corrected chi connectivity index (χ3v) is 0.879. The van der Waals surface area contributed by atoms with Crippen LogP contribution in [0.1, 0.15) is 0 Å². The second kappa shape index (κ2) is 1.85. The molecule has 0 fully saturated rings. The highest BCUT2D eigenvalue weighted by atomic mass is 16.2. The molecule has 5 heteroatoms. The van der Waals surface area contributed by atoms with E-state index >= 15 is 0 Å². The summed E-state index contributed by atoms with van der Waals surface area (Å²) in [6.45, 7) is -0.0441. The van der Waals surface area contributed by atoms with Gasteiger partial charge in [-0.25, -0.2) is 0 Å². The Morgan fingerprint density at radius 3 is 2.67 bits per heavy atom. The van der Waals surface area contributed by atoms with Gasteiger partial charge in [0.25, 0.3) is 5.91 Å². The molecule has 9 heavy (non-hydrogen) atoms. The van der Waals surface area contributed by atoms with Crippen LogP contribution in [-0.2, 0) is 9.59 Å². The van der Waals surface area contributed by atoms with Crippen molar-refractivity contribution in [1.82, 2.24) is 5.32 Å². The van der Waals surface area contributed by atoms with Gasteiger partial charge in [-0.1, -0.05) is 0 Å². The Kier molecular flexibility index (Phi) is 1.18. The smallest absolute Gasteiger partial charge is 0.292 e. The molecule has 1 aliphatic rings. The summed E-state index contributed by atoms with van der Waals surface area (Å²) in [5, 5.41) is 2.00. The molecule has 1 rings (SSSR count). The Bertz CT molecular complexity index is 196. The van der Waals surface area contributed by atoms with Gasteiger partial charge in [0.15, 0.2) is 5.84 Å². The third-order valence-electron chi connectivity index (χ3n) is 0.879. The molecule has 0 aromatic heterocycles. The van der Waals surface area contributed by atoms with E-state index in [2.05, 4.69) is 4.99 Å². The lowest BCUT2D eigenvalue weighted by atomic mass is 10.4. The van der Waals surface area contributed by atoms with Crippen molar-refractivity contribution >= 4 is 17.6 Å². The zero-order valence-electron chi connectivity index (χ0n) is 4.55. The number of aliphatic imine (C=N–C) groups is 1. The van der Waals surface area contributed by atoms with E-state index in [1.807, 2.05) is 5.32 Å². The van der Waals surface area contributed by atoms with Gasteiger partial charge in [-0.05, 0) is 0 Å². The molecule has 0 aliphatic carbocycles. The first kappa shape index (κ1) is 5.74. The quantitative estimate of drug-likeness (QED) is 0.369. The molecule has 0 atom stereocenters. The minimum absolute atomic E-state index is 0.0441. The van der Waals surface area contributed by atoms with E-state index < -0.39 is 11.8 Å². The van der Waals surface area contributed by atoms with Gasteiger partial charge >= 0.3 is 0 Å². The first-order valence-corrected chi connectivity index (χ1v) is 2.34. The van der Waals surface area contributed by atoms with Crippen molar-refractivity contribution in [2.45, 2.75) is 0 Å². The predicted octanol–water partition coefficient (Wildman–Crippen LogP) is -2.00. The lowest BCUT2D eigenvalue weighted by Gasteiger charge is -2.05. The molecule has 5 nitrogen and oxygen atoms in total. The normalized spacial score (nSPS) is 18.9. The number of rotatable bonds is 0. The largest absolute Gasteiger partial charge is 0.379 e. The molecule has 3 N–H and O–H groups in total. The van der Waals surface area contributed by atoms with Gasteiger partial charge in [0.05, 0.1) is 0 Å². The van der Waals surface area contributed by atoms with Crippen LogP contribution in [0.5, 0.6) is 0 Å². The fourth-order valence-corrected chi connectivity index (χ4v) is 0.459. The molecule has 0 saturated heterocycles. The van der Waals surface area contributed by atoms with Gasteiger partial charge in [-0.2, -0.15) is 0 Å². The Hall–Kier alpha value is -1.39. The highest BCUT2D eigenvalue weighted by molar-refractivity contribution is 6.41. The van der Waals surface area contributed by atoms with E-state index in [0.29, 0.717) is 0 Å². The van der Waals surface area contributed by atoms with E-state index in [0.717, 1.165) is 0 Å². The number of amidine groups is 1. The minimum Gasteiger partial charge on any atom is -0.379 e. The van der Waals surface area contributed by atoms with Crippen LogP contribution in [0.3, 0.4) is 0 Å². The first-order chi connectivity index (χ1) is 4.20. The van der Waals surface area contributed by atoms with Crippen LogP contribution in [0.2, 0.25) is 0 Å². The maximum Gasteiger partial charge on any atom is 0.292 e. The van der Waals surface area contributed by atoms with Crippen molar-refractivity contribution in [2.24, 2.45) is 10.7 Å². The second-order valence-electron chi connectivity index (χ2n) is 1.58. The van der Waals surface area contributed by atoms with Gasteiger partial charge in [-0.15, -0.1) is 0 Å². The van der Waals surface area contributed by atoms with Gasteiger partial charge in [-0.3, -0.25) is 19.9 Å². The lowest BCUT2D eigenvalue weighted by molar-refractivity contribution is -0.127. The molecule has 0 unspecified atom stereocenters. The Morgan fingerprint density at radius 2 is 2.22 bits per heavy atom. The summed E-state index contributed by atoms with van der Waals surface area (Å²) in [5.41, 5.74) is 5.03. The molecular weight excluding hydrogens is 122 g/mol. The number of amides is 2. The molecule has 0 aromatic carbocycles. The van der Waals surface area contributed by atoms with E-state index in [4.69, 9.17) is 5.73 Å². The van der Waals surface area contributed by atoms with Crippen molar-refractivity contribution in [3.63, 3.8) is 0 Å². The van der Waals surface area contributed by atoms with Gasteiger partial charge in [0.2, 0.25) is 5.91 Å². The number of nitrogens with zero attached hydrogens (tertiary/aromatic N) is 1. The molecular formula is C4H5N3O2. The van der Waals surface area contributed by atoms with Crippen LogP contribution < -0.4 is 11.1 Å². The Morgan fingerprint density at radius 1 is 1.56 bits per heavy atom. The molecule has 0 saturated carbocycles. The molecule has 1 heterocycles. The van der Waals surface area contributed by atoms with Gasteiger partial charge in [0.1, 0.15) is 6.54 Å². The van der Waals surface area contributed by atoms with E-state index in [-0.39, 0.29) is 12.4 Å². The lowest BCUT2D eigenvalue weighted by Crippen LogP contribution is -2.45. The van der Waals surface area contributed by atoms with Gasteiger partial charge in [0, 0.05) is 0 Å². The standard InChI is InChI=1S/C4H5N3O2/c5-3-4(9)7-2(8)1-6-3/h1H2,(H2,5,6)(H,7,8,9). The predicted molar refractivity (Wildman–Crippen MR) is 29.6 cm³/mol. The van der Waals surface area contributed by atoms with Crippen molar-refractivity contribution in [3.8, 4) is 0 Å². The van der Waals surface area contributed by atoms with Crippen molar-refractivity contribution < 1.29 is 9.59 Å². The summed E-state index contributed by atoms with van der Waals surface area (Å²) in [6.07, 6.45) is 0. The monoisotopic (exact) mass is 127 g/mol. The highest BCUT2D eigenvalue weighted by Crippen LogP contribution is 1.81. The number of nitrogens with one attached hydrogen (secondary N) is 1. The number of hydrogen-bond acceptors (Lipinski definition) is 4. The van der Waals surface area contributed by atoms with E-state index in [1.54, 1.807) is 0 Å². The maximum atomic E-state index is 10.4. The number of carbonyl (C=O) groups excluding carboxylic acids is 2. The van der Waals surface area contributed by atoms with Crippen LogP contribution in [0, 0.1) is 0 Å². The van der Waals surface area contributed by atoms with Crippen LogP contribution in [0.25, 0.3) is 0 Å². The number of hydrogen-bond donors (Lipinski definition) is 2. The summed E-state index contributed by atoms with van der Waals surface area (Å²) in [4.78, 5) is 24.2. The van der Waals surface area contributed by atoms with Crippen LogP contribution in [-0.4, -0.2) is 24.2 Å². The molecule has 0 aromatic rings. The average molecular weight is 127 g/mol. The van der Waals surface area contributed by atoms with Crippen LogP contribution in [0.15, 0.2) is 4.99 Å². The topological polar surface area (TPSA) is 84.5 Å². The van der Waals surface area contributed by atoms with Crippen LogP contribution in [0.4, 0.5) is 0 Å². The zero-order valence-corrected chi connectivity index (χ0v) is 4.55. The molecule has 0 bridgehead atoms. The van der Waals surface area contributed by atoms with Crippen molar-refractivity contribution in [3.05, 3.63) is 0 Å². The summed E-state index contributed by atoms with van der Waals surface area (Å²) in [6, 6.07) is 0. The summed E-state index contributed by atoms with van der Waals surface area (Å²) in [5.74, 6) is -1.14. The van der Waals surface area contributed by atoms with E-state index in [1.165, 1.54) is 0 Å². The number of nitrogens with two attached hydrogens (primary N) is 1. The second-order valence-corrected chi connectivity index (χ2v) is 1.58. The average Bonchev–Trinajstić information content (AvgIpc) is 1.80. The fraction of sp³-hybridized carbons (Fsp3) is 0.250. The number of carbonyl (C=O) groups is 2. The SMILES string of the molecule is NC1=NCC(=O)NC1=O. The zero-order chi connectivity index (χ0) is 6.85. The molecule has 2 amide bonds. The summed E-state index contributed by atoms with van der Waals surface area (Å²) >= 11 is 0. The van der Waals surface area contributed by atoms with Gasteiger partial charge < -0.3 is 5.73 Å². The molecule has 0 radical (unpaired) electrons. The Balaban J connectivity index is 2.79. The maximum absolute atomic E-state index is 10.4. The summed E-state index contributed by atoms with van der Waals surface area (Å²) in [7, 11) is 0. The van der Waals surface area contributed by atoms with Crippen molar-refractivity contribution in [2.75, 3.05) is 6.54 Å². The van der Waals surface area contributed by atoms with E-state index in [9.17, 15) is 9.59 Å². The fourth-order valence-electron chi connectivity index (χ4n) is 0.459. The molecule has 48 valence electrons. The minimum atomic E-state index is -0.605. The molecule has 1 aliphatic heterocycles. The highest BCUT2D eigenvalue weighted by Gasteiger charge is 2.15. The third kappa shape index (κ3) is 1.04. The Labute approximate surface area is 50.9 Å².